The molecule has 0 spiro atoms. The Morgan fingerprint density at radius 2 is 1.37 bits per heavy atom. The third kappa shape index (κ3) is 6.48. The number of aliphatic hydroxyl groups is 1. The van der Waals surface area contributed by atoms with Gasteiger partial charge >= 0.3 is 0 Å². The van der Waals surface area contributed by atoms with Gasteiger partial charge in [-0.2, -0.15) is 0 Å². The van der Waals surface area contributed by atoms with E-state index in [0.717, 1.165) is 19.3 Å². The lowest BCUT2D eigenvalue weighted by Crippen LogP contribution is -2.67. The van der Waals surface area contributed by atoms with Crippen molar-refractivity contribution in [1.82, 2.24) is 0 Å². The van der Waals surface area contributed by atoms with E-state index in [1.807, 2.05) is 0 Å². The van der Waals surface area contributed by atoms with Crippen molar-refractivity contribution in [2.24, 2.45) is 11.3 Å². The number of aliphatic hydroxyl groups excluding tert-OH is 1. The maximum absolute atomic E-state index is 11.5. The quantitative estimate of drug-likeness (QED) is 0.231. The van der Waals surface area contributed by atoms with Gasteiger partial charge in [-0.3, -0.25) is 0 Å². The van der Waals surface area contributed by atoms with E-state index in [-0.39, 0.29) is 16.6 Å². The molecule has 0 saturated heterocycles. The number of rotatable bonds is 13. The number of hydrogen-bond donors (Lipinski definition) is 1. The van der Waals surface area contributed by atoms with Gasteiger partial charge < -0.3 is 9.53 Å². The highest BCUT2D eigenvalue weighted by atomic mass is 28.4. The van der Waals surface area contributed by atoms with Crippen LogP contribution in [0.5, 0.6) is 0 Å². The van der Waals surface area contributed by atoms with Crippen molar-refractivity contribution in [2.45, 2.75) is 110 Å². The zero-order valence-corrected chi connectivity index (χ0v) is 24.1. The van der Waals surface area contributed by atoms with Gasteiger partial charge in [0.2, 0.25) is 0 Å². The summed E-state index contributed by atoms with van der Waals surface area (Å²) in [7, 11) is -2.60. The van der Waals surface area contributed by atoms with Gasteiger partial charge in [0, 0.05) is 12.0 Å². The minimum atomic E-state index is -2.60. The van der Waals surface area contributed by atoms with E-state index in [4.69, 9.17) is 4.43 Å². The van der Waals surface area contributed by atoms with Gasteiger partial charge in [-0.05, 0) is 40.6 Å². The second-order valence-corrected chi connectivity index (χ2v) is 16.5. The molecule has 1 fully saturated rings. The second-order valence-electron chi connectivity index (χ2n) is 12.1. The molecule has 1 aliphatic rings. The third-order valence-corrected chi connectivity index (χ3v) is 13.5. The van der Waals surface area contributed by atoms with E-state index < -0.39 is 8.32 Å². The molecule has 0 radical (unpaired) electrons. The van der Waals surface area contributed by atoms with Crippen LogP contribution in [0.1, 0.15) is 98.8 Å². The van der Waals surface area contributed by atoms with Gasteiger partial charge in [-0.1, -0.05) is 140 Å². The van der Waals surface area contributed by atoms with Crippen LogP contribution in [0.15, 0.2) is 60.7 Å². The molecule has 0 bridgehead atoms. The molecule has 3 atom stereocenters. The number of hydrogen-bond acceptors (Lipinski definition) is 2. The van der Waals surface area contributed by atoms with Gasteiger partial charge in [0.15, 0.2) is 0 Å². The molecule has 194 valence electrons. The predicted octanol–water partition coefficient (Wildman–Crippen LogP) is 7.48. The van der Waals surface area contributed by atoms with Crippen molar-refractivity contribution in [3.63, 3.8) is 0 Å². The molecule has 3 rings (SSSR count). The average Bonchev–Trinajstić information content (AvgIpc) is 3.13. The molecular weight excluding hydrogens is 444 g/mol. The summed E-state index contributed by atoms with van der Waals surface area (Å²) in [5.74, 6) is 0.349. The SMILES string of the molecule is CCCCCCCCC[C@@]1(CO[Si](c2ccccc2)(c2ccccc2)C(C)(C)C)CC[C@@H](C)[C@@H]1O. The van der Waals surface area contributed by atoms with E-state index in [1.165, 1.54) is 55.3 Å². The van der Waals surface area contributed by atoms with Crippen LogP contribution >= 0.6 is 0 Å². The Morgan fingerprint density at radius 1 is 0.857 bits per heavy atom. The van der Waals surface area contributed by atoms with Crippen molar-refractivity contribution in [3.05, 3.63) is 60.7 Å². The summed E-state index contributed by atoms with van der Waals surface area (Å²) in [6.45, 7) is 12.2. The van der Waals surface area contributed by atoms with Crippen LogP contribution in [0.25, 0.3) is 0 Å². The highest BCUT2D eigenvalue weighted by Crippen LogP contribution is 2.47. The highest BCUT2D eigenvalue weighted by Gasteiger charge is 2.53. The van der Waals surface area contributed by atoms with Crippen LogP contribution in [0.3, 0.4) is 0 Å². The molecule has 2 nitrogen and oxygen atoms in total. The lowest BCUT2D eigenvalue weighted by Gasteiger charge is -2.46. The molecule has 1 saturated carbocycles. The minimum Gasteiger partial charge on any atom is -0.407 e. The molecule has 1 N–H and O–H groups in total. The second kappa shape index (κ2) is 12.7. The van der Waals surface area contributed by atoms with Crippen molar-refractivity contribution in [2.75, 3.05) is 6.61 Å². The van der Waals surface area contributed by atoms with Gasteiger partial charge in [0.25, 0.3) is 8.32 Å². The number of benzene rings is 2. The normalized spacial score (nSPS) is 23.0. The van der Waals surface area contributed by atoms with E-state index in [9.17, 15) is 5.11 Å². The van der Waals surface area contributed by atoms with Crippen LogP contribution in [0, 0.1) is 11.3 Å². The summed E-state index contributed by atoms with van der Waals surface area (Å²) in [6.07, 6.45) is 12.1. The monoisotopic (exact) mass is 494 g/mol. The summed E-state index contributed by atoms with van der Waals surface area (Å²) >= 11 is 0. The van der Waals surface area contributed by atoms with Gasteiger partial charge in [0.05, 0.1) is 6.10 Å². The Kier molecular flexibility index (Phi) is 10.2. The molecule has 0 amide bonds. The predicted molar refractivity (Wildman–Crippen MR) is 153 cm³/mol. The molecule has 2 aromatic carbocycles. The first-order valence-corrected chi connectivity index (χ1v) is 16.1. The van der Waals surface area contributed by atoms with Crippen molar-refractivity contribution in [1.29, 1.82) is 0 Å². The fourth-order valence-electron chi connectivity index (χ4n) is 6.37. The Morgan fingerprint density at radius 3 is 1.83 bits per heavy atom. The first-order chi connectivity index (χ1) is 16.8. The number of unbranched alkanes of at least 4 members (excludes halogenated alkanes) is 6. The molecule has 0 unspecified atom stereocenters. The average molecular weight is 495 g/mol. The topological polar surface area (TPSA) is 29.5 Å². The van der Waals surface area contributed by atoms with E-state index in [0.29, 0.717) is 12.5 Å². The zero-order valence-electron chi connectivity index (χ0n) is 23.1. The Balaban J connectivity index is 1.87. The highest BCUT2D eigenvalue weighted by molar-refractivity contribution is 6.99. The summed E-state index contributed by atoms with van der Waals surface area (Å²) in [4.78, 5) is 0. The Hall–Kier alpha value is -1.42. The summed E-state index contributed by atoms with van der Waals surface area (Å²) in [5.41, 5.74) is -0.129. The summed E-state index contributed by atoms with van der Waals surface area (Å²) < 4.78 is 7.36. The van der Waals surface area contributed by atoms with Crippen molar-refractivity contribution < 1.29 is 9.53 Å². The third-order valence-electron chi connectivity index (χ3n) is 8.54. The van der Waals surface area contributed by atoms with Crippen LogP contribution in [-0.4, -0.2) is 26.1 Å². The van der Waals surface area contributed by atoms with Crippen LogP contribution in [-0.2, 0) is 4.43 Å². The molecule has 3 heteroatoms. The first-order valence-electron chi connectivity index (χ1n) is 14.2. The Labute approximate surface area is 216 Å². The standard InChI is InChI=1S/C32H50O2Si/c1-6-7-8-9-10-11-18-24-32(25-23-27(2)30(32)33)26-34-35(31(3,4)5,28-19-14-12-15-20-28)29-21-16-13-17-22-29/h12-17,19-22,27,30,33H,6-11,18,23-26H2,1-5H3/t27-,30+,32+/m1/s1. The lowest BCUT2D eigenvalue weighted by atomic mass is 9.79. The van der Waals surface area contributed by atoms with Crippen LogP contribution in [0.4, 0.5) is 0 Å². The molecular formula is C32H50O2Si. The lowest BCUT2D eigenvalue weighted by molar-refractivity contribution is -0.0132. The molecule has 0 heterocycles. The molecule has 2 aromatic rings. The van der Waals surface area contributed by atoms with Gasteiger partial charge in [0.1, 0.15) is 0 Å². The van der Waals surface area contributed by atoms with Crippen LogP contribution < -0.4 is 10.4 Å². The van der Waals surface area contributed by atoms with Crippen LogP contribution in [0.2, 0.25) is 5.04 Å². The van der Waals surface area contributed by atoms with Gasteiger partial charge in [-0.15, -0.1) is 0 Å². The zero-order chi connectivity index (χ0) is 25.4. The summed E-state index contributed by atoms with van der Waals surface area (Å²) in [5, 5.41) is 14.1. The van der Waals surface area contributed by atoms with E-state index in [1.54, 1.807) is 0 Å². The smallest absolute Gasteiger partial charge is 0.261 e. The summed E-state index contributed by atoms with van der Waals surface area (Å²) in [6, 6.07) is 21.9. The fourth-order valence-corrected chi connectivity index (χ4v) is 11.0. The van der Waals surface area contributed by atoms with E-state index in [2.05, 4.69) is 95.3 Å². The maximum Gasteiger partial charge on any atom is 0.261 e. The van der Waals surface area contributed by atoms with E-state index >= 15 is 0 Å². The molecule has 35 heavy (non-hydrogen) atoms. The molecule has 1 aliphatic carbocycles. The largest absolute Gasteiger partial charge is 0.407 e. The van der Waals surface area contributed by atoms with Gasteiger partial charge in [-0.25, -0.2) is 0 Å². The van der Waals surface area contributed by atoms with Crippen molar-refractivity contribution in [3.8, 4) is 0 Å². The minimum absolute atomic E-state index is 0.0364. The molecule has 0 aromatic heterocycles. The van der Waals surface area contributed by atoms with Crippen molar-refractivity contribution >= 4 is 18.7 Å². The first kappa shape index (κ1) is 28.2. The fraction of sp³-hybridized carbons (Fsp3) is 0.625. The maximum atomic E-state index is 11.5. The Bertz CT molecular complexity index is 821. The molecule has 0 aliphatic heterocycles.